The molecule has 1 atom stereocenters. The van der Waals surface area contributed by atoms with E-state index in [0.29, 0.717) is 14.8 Å². The predicted molar refractivity (Wildman–Crippen MR) is 80.9 cm³/mol. The van der Waals surface area contributed by atoms with Crippen LogP contribution in [0.25, 0.3) is 0 Å². The molecule has 0 aromatic heterocycles. The van der Waals surface area contributed by atoms with Gasteiger partial charge >= 0.3 is 0 Å². The van der Waals surface area contributed by atoms with Crippen molar-refractivity contribution >= 4 is 33.2 Å². The number of sulfone groups is 1. The molecule has 0 bridgehead atoms. The molecule has 0 radical (unpaired) electrons. The highest BCUT2D eigenvalue weighted by Crippen LogP contribution is 2.38. The first-order valence-electron chi connectivity index (χ1n) is 6.11. The van der Waals surface area contributed by atoms with Crippen molar-refractivity contribution in [2.75, 3.05) is 19.1 Å². The summed E-state index contributed by atoms with van der Waals surface area (Å²) in [6.07, 6.45) is 5.15. The van der Waals surface area contributed by atoms with E-state index in [9.17, 15) is 8.42 Å². The van der Waals surface area contributed by atoms with Crippen molar-refractivity contribution < 1.29 is 8.42 Å². The molecule has 0 spiro atoms. The van der Waals surface area contributed by atoms with Crippen molar-refractivity contribution in [1.82, 2.24) is 5.32 Å². The fraction of sp³-hybridized carbons (Fsp3) is 0.538. The van der Waals surface area contributed by atoms with Crippen LogP contribution in [-0.4, -0.2) is 27.5 Å². The summed E-state index contributed by atoms with van der Waals surface area (Å²) in [5, 5.41) is 3.95. The molecule has 1 aliphatic rings. The van der Waals surface area contributed by atoms with Crippen molar-refractivity contribution in [3.8, 4) is 0 Å². The first-order chi connectivity index (χ1) is 8.78. The van der Waals surface area contributed by atoms with Gasteiger partial charge in [-0.05, 0) is 50.3 Å². The van der Waals surface area contributed by atoms with Gasteiger partial charge in [-0.25, -0.2) is 8.42 Å². The van der Waals surface area contributed by atoms with Crippen LogP contribution in [0.4, 0.5) is 0 Å². The summed E-state index contributed by atoms with van der Waals surface area (Å²) in [5.41, 5.74) is 0.772. The second-order valence-electron chi connectivity index (χ2n) is 5.12. The fourth-order valence-corrected chi connectivity index (χ4v) is 5.01. The van der Waals surface area contributed by atoms with E-state index in [4.69, 9.17) is 11.6 Å². The van der Waals surface area contributed by atoms with Crippen molar-refractivity contribution in [2.45, 2.75) is 35.1 Å². The molecule has 2 rings (SSSR count). The molecule has 1 saturated heterocycles. The lowest BCUT2D eigenvalue weighted by Gasteiger charge is -2.26. The van der Waals surface area contributed by atoms with Gasteiger partial charge in [0.15, 0.2) is 9.84 Å². The fourth-order valence-electron chi connectivity index (χ4n) is 2.50. The van der Waals surface area contributed by atoms with Gasteiger partial charge < -0.3 is 5.32 Å². The lowest BCUT2D eigenvalue weighted by molar-refractivity contribution is 0.433. The maximum Gasteiger partial charge on any atom is 0.176 e. The number of hydrogen-bond donors (Lipinski definition) is 1. The molecule has 1 heterocycles. The second kappa shape index (κ2) is 5.28. The Morgan fingerprint density at radius 2 is 2.11 bits per heavy atom. The number of rotatable bonds is 3. The van der Waals surface area contributed by atoms with Crippen LogP contribution in [0.2, 0.25) is 5.02 Å². The van der Waals surface area contributed by atoms with Gasteiger partial charge in [0.2, 0.25) is 0 Å². The monoisotopic (exact) mass is 319 g/mol. The topological polar surface area (TPSA) is 46.2 Å². The van der Waals surface area contributed by atoms with E-state index in [1.807, 2.05) is 12.3 Å². The van der Waals surface area contributed by atoms with Gasteiger partial charge in [0.05, 0.1) is 9.92 Å². The molecule has 6 heteroatoms. The number of thioether (sulfide) groups is 1. The molecule has 3 nitrogen and oxygen atoms in total. The molecule has 0 saturated carbocycles. The summed E-state index contributed by atoms with van der Waals surface area (Å²) in [5.74, 6) is 0. The minimum absolute atomic E-state index is 0.181. The Morgan fingerprint density at radius 1 is 1.42 bits per heavy atom. The van der Waals surface area contributed by atoms with Gasteiger partial charge in [-0.3, -0.25) is 0 Å². The number of hydrogen-bond acceptors (Lipinski definition) is 4. The van der Waals surface area contributed by atoms with Gasteiger partial charge in [-0.15, -0.1) is 11.8 Å². The van der Waals surface area contributed by atoms with Gasteiger partial charge in [0.1, 0.15) is 0 Å². The highest BCUT2D eigenvalue weighted by molar-refractivity contribution is 7.99. The van der Waals surface area contributed by atoms with E-state index in [2.05, 4.69) is 12.2 Å². The molecule has 19 heavy (non-hydrogen) atoms. The largest absolute Gasteiger partial charge is 0.308 e. The van der Waals surface area contributed by atoms with Crippen LogP contribution in [0, 0.1) is 0 Å². The lowest BCUT2D eigenvalue weighted by atomic mass is 9.91. The second-order valence-corrected chi connectivity index (χ2v) is 8.33. The Bertz CT molecular complexity index is 593. The molecule has 1 aromatic rings. The van der Waals surface area contributed by atoms with Crippen LogP contribution in [0.5, 0.6) is 0 Å². The summed E-state index contributed by atoms with van der Waals surface area (Å²) in [4.78, 5) is 0.965. The Balaban J connectivity index is 2.63. The Labute approximate surface area is 124 Å². The normalized spacial score (nSPS) is 23.8. The first kappa shape index (κ1) is 15.2. The van der Waals surface area contributed by atoms with Crippen LogP contribution in [-0.2, 0) is 15.4 Å². The van der Waals surface area contributed by atoms with E-state index in [1.54, 1.807) is 6.07 Å². The van der Waals surface area contributed by atoms with Gasteiger partial charge in [-0.2, -0.15) is 0 Å². The zero-order valence-corrected chi connectivity index (χ0v) is 13.7. The SMILES string of the molecule is CSc1c(Cl)cc(C2(C)CCCN2)cc1S(C)(=O)=O. The Hall–Kier alpha value is -0.230. The average Bonchev–Trinajstić information content (AvgIpc) is 2.75. The highest BCUT2D eigenvalue weighted by atomic mass is 35.5. The zero-order chi connectivity index (χ0) is 14.3. The van der Waals surface area contributed by atoms with Crippen LogP contribution >= 0.6 is 23.4 Å². The minimum Gasteiger partial charge on any atom is -0.308 e. The van der Waals surface area contributed by atoms with Gasteiger partial charge in [0.25, 0.3) is 0 Å². The van der Waals surface area contributed by atoms with E-state index < -0.39 is 9.84 Å². The minimum atomic E-state index is -3.28. The van der Waals surface area contributed by atoms with Crippen LogP contribution in [0.15, 0.2) is 21.9 Å². The third-order valence-corrected chi connectivity index (χ3v) is 6.13. The summed E-state index contributed by atoms with van der Waals surface area (Å²) in [6, 6.07) is 3.66. The summed E-state index contributed by atoms with van der Waals surface area (Å²) < 4.78 is 23.9. The standard InChI is InChI=1S/C13H18ClNO2S2/c1-13(5-4-6-15-13)9-7-10(14)12(18-2)11(8-9)19(3,16)17/h7-8,15H,4-6H2,1-3H3. The number of halogens is 1. The predicted octanol–water partition coefficient (Wildman–Crippen LogP) is 3.06. The molecule has 1 aliphatic heterocycles. The zero-order valence-electron chi connectivity index (χ0n) is 11.3. The molecule has 0 amide bonds. The average molecular weight is 320 g/mol. The summed E-state index contributed by atoms with van der Waals surface area (Å²) in [7, 11) is -3.28. The van der Waals surface area contributed by atoms with E-state index in [-0.39, 0.29) is 5.54 Å². The molecule has 106 valence electrons. The Kier molecular flexibility index (Phi) is 4.21. The van der Waals surface area contributed by atoms with Crippen molar-refractivity contribution in [1.29, 1.82) is 0 Å². The highest BCUT2D eigenvalue weighted by Gasteiger charge is 2.32. The van der Waals surface area contributed by atoms with Gasteiger partial charge in [-0.1, -0.05) is 11.6 Å². The van der Waals surface area contributed by atoms with Crippen LogP contribution < -0.4 is 5.32 Å². The van der Waals surface area contributed by atoms with E-state index in [0.717, 1.165) is 24.9 Å². The molecule has 0 aliphatic carbocycles. The molecule has 1 aromatic carbocycles. The summed E-state index contributed by atoms with van der Waals surface area (Å²) >= 11 is 7.64. The molecule has 1 N–H and O–H groups in total. The number of nitrogens with one attached hydrogen (secondary N) is 1. The summed E-state index contributed by atoms with van der Waals surface area (Å²) in [6.45, 7) is 3.04. The molecule has 1 fully saturated rings. The molecule has 1 unspecified atom stereocenters. The maximum atomic E-state index is 11.9. The smallest absolute Gasteiger partial charge is 0.176 e. The molecular formula is C13H18ClNO2S2. The van der Waals surface area contributed by atoms with Crippen LogP contribution in [0.1, 0.15) is 25.3 Å². The van der Waals surface area contributed by atoms with Crippen LogP contribution in [0.3, 0.4) is 0 Å². The first-order valence-corrected chi connectivity index (χ1v) is 9.60. The van der Waals surface area contributed by atoms with E-state index >= 15 is 0 Å². The van der Waals surface area contributed by atoms with Gasteiger partial charge in [0, 0.05) is 16.7 Å². The van der Waals surface area contributed by atoms with Crippen molar-refractivity contribution in [3.63, 3.8) is 0 Å². The molecular weight excluding hydrogens is 302 g/mol. The van der Waals surface area contributed by atoms with Crippen molar-refractivity contribution in [2.24, 2.45) is 0 Å². The Morgan fingerprint density at radius 3 is 2.58 bits per heavy atom. The quantitative estimate of drug-likeness (QED) is 0.870. The van der Waals surface area contributed by atoms with Crippen molar-refractivity contribution in [3.05, 3.63) is 22.7 Å². The van der Waals surface area contributed by atoms with E-state index in [1.165, 1.54) is 18.0 Å². The lowest BCUT2D eigenvalue weighted by Crippen LogP contribution is -2.33. The maximum absolute atomic E-state index is 11.9. The third-order valence-electron chi connectivity index (χ3n) is 3.62. The number of benzene rings is 1. The third kappa shape index (κ3) is 2.94.